The summed E-state index contributed by atoms with van der Waals surface area (Å²) in [5.74, 6) is -0.338. The fourth-order valence-electron chi connectivity index (χ4n) is 3.28. The lowest BCUT2D eigenvalue weighted by atomic mass is 10.2. The molecule has 0 aliphatic carbocycles. The van der Waals surface area contributed by atoms with Crippen molar-refractivity contribution in [1.82, 2.24) is 14.6 Å². The highest BCUT2D eigenvalue weighted by molar-refractivity contribution is 7.52. The van der Waals surface area contributed by atoms with Crippen LogP contribution < -0.4 is 20.9 Å². The van der Waals surface area contributed by atoms with Crippen LogP contribution in [0.2, 0.25) is 0 Å². The smallest absolute Gasteiger partial charge is 0.459 e. The largest absolute Gasteiger partial charge is 0.462 e. The fourth-order valence-corrected chi connectivity index (χ4v) is 5.18. The van der Waals surface area contributed by atoms with Gasteiger partial charge in [0.05, 0.1) is 24.1 Å². The van der Waals surface area contributed by atoms with Gasteiger partial charge in [0.15, 0.2) is 6.23 Å². The van der Waals surface area contributed by atoms with E-state index in [1.54, 1.807) is 30.3 Å². The maximum atomic E-state index is 13.7. The second-order valence-corrected chi connectivity index (χ2v) is 9.96. The lowest BCUT2D eigenvalue weighted by molar-refractivity contribution is -0.148. The van der Waals surface area contributed by atoms with Crippen LogP contribution in [0.4, 0.5) is 0 Å². The molecule has 1 fully saturated rings. The number of nitrogens with one attached hydrogen (secondary N) is 2. The fraction of sp³-hybridized carbons (Fsp3) is 0.409. The number of halogens is 1. The molecule has 0 bridgehead atoms. The van der Waals surface area contributed by atoms with Crippen molar-refractivity contribution in [3.63, 3.8) is 0 Å². The van der Waals surface area contributed by atoms with Gasteiger partial charge in [-0.3, -0.25) is 18.9 Å². The molecule has 1 aromatic heterocycles. The van der Waals surface area contributed by atoms with Gasteiger partial charge in [0, 0.05) is 19.4 Å². The summed E-state index contributed by atoms with van der Waals surface area (Å²) in [6.07, 6.45) is 1.43. The maximum absolute atomic E-state index is 13.7. The first-order valence-electron chi connectivity index (χ1n) is 10.9. The summed E-state index contributed by atoms with van der Waals surface area (Å²) in [5.41, 5.74) is -1.22. The minimum absolute atomic E-state index is 0.196. The third kappa shape index (κ3) is 7.89. The quantitative estimate of drug-likeness (QED) is 0.166. The van der Waals surface area contributed by atoms with Crippen LogP contribution in [-0.2, 0) is 28.1 Å². The topological polar surface area (TPSA) is 147 Å². The average molecular weight is 544 g/mol. The summed E-state index contributed by atoms with van der Waals surface area (Å²) in [7, 11) is -2.70. The lowest BCUT2D eigenvalue weighted by Gasteiger charge is -2.25. The van der Waals surface area contributed by atoms with Crippen molar-refractivity contribution in [1.29, 1.82) is 0 Å². The van der Waals surface area contributed by atoms with Crippen LogP contribution in [-0.4, -0.2) is 60.0 Å². The highest BCUT2D eigenvalue weighted by atomic mass is 35.5. The maximum Gasteiger partial charge on any atom is 0.459 e. The zero-order valence-electron chi connectivity index (χ0n) is 19.4. The number of hydrogen-bond donors (Lipinski definition) is 2. The van der Waals surface area contributed by atoms with E-state index in [9.17, 15) is 18.9 Å². The summed E-state index contributed by atoms with van der Waals surface area (Å²) in [6, 6.07) is 8.75. The van der Waals surface area contributed by atoms with Gasteiger partial charge in [0.2, 0.25) is 0 Å². The number of methoxy groups -OCH3 is 1. The number of carbonyl (C=O) groups excluding carboxylic acids is 1. The van der Waals surface area contributed by atoms with Gasteiger partial charge in [-0.2, -0.15) is 0 Å². The molecule has 0 radical (unpaired) electrons. The van der Waals surface area contributed by atoms with Gasteiger partial charge in [-0.15, -0.1) is 18.2 Å². The van der Waals surface area contributed by atoms with Crippen LogP contribution in [0.25, 0.3) is 0 Å². The summed E-state index contributed by atoms with van der Waals surface area (Å²) in [4.78, 5) is 37.2. The highest BCUT2D eigenvalue weighted by Crippen LogP contribution is 2.46. The van der Waals surface area contributed by atoms with Crippen molar-refractivity contribution in [2.75, 3.05) is 26.9 Å². The van der Waals surface area contributed by atoms with Gasteiger partial charge in [0.1, 0.15) is 19.0 Å². The van der Waals surface area contributed by atoms with Crippen molar-refractivity contribution < 1.29 is 32.6 Å². The number of aromatic nitrogens is 2. The van der Waals surface area contributed by atoms with Crippen LogP contribution in [0.5, 0.6) is 5.75 Å². The predicted octanol–water partition coefficient (Wildman–Crippen LogP) is 1.97. The third-order valence-corrected chi connectivity index (χ3v) is 6.93. The van der Waals surface area contributed by atoms with E-state index in [0.29, 0.717) is 0 Å². The molecular formula is C22H27ClN3O9P. The molecule has 3 rings (SSSR count). The first-order chi connectivity index (χ1) is 17.2. The van der Waals surface area contributed by atoms with E-state index in [-0.39, 0.29) is 32.0 Å². The molecule has 2 heterocycles. The summed E-state index contributed by atoms with van der Waals surface area (Å²) in [6.45, 7) is 3.02. The molecule has 1 unspecified atom stereocenters. The number of para-hydroxylation sites is 1. The van der Waals surface area contributed by atoms with Crippen LogP contribution in [0.15, 0.2) is 64.8 Å². The first kappa shape index (κ1) is 27.9. The Morgan fingerprint density at radius 3 is 2.78 bits per heavy atom. The molecular weight excluding hydrogens is 517 g/mol. The predicted molar refractivity (Wildman–Crippen MR) is 130 cm³/mol. The molecule has 1 aliphatic rings. The molecule has 0 amide bonds. The van der Waals surface area contributed by atoms with Crippen LogP contribution >= 0.6 is 19.3 Å². The Morgan fingerprint density at radius 1 is 1.36 bits per heavy atom. The number of hydrogen-bond acceptors (Lipinski definition) is 9. The van der Waals surface area contributed by atoms with E-state index >= 15 is 0 Å². The van der Waals surface area contributed by atoms with Crippen molar-refractivity contribution in [3.05, 3.63) is 76.1 Å². The number of H-pyrrole nitrogens is 1. The van der Waals surface area contributed by atoms with Crippen molar-refractivity contribution in [2.24, 2.45) is 0 Å². The third-order valence-electron chi connectivity index (χ3n) is 4.95. The molecule has 1 aromatic carbocycles. The van der Waals surface area contributed by atoms with Gasteiger partial charge >= 0.3 is 19.4 Å². The Balaban J connectivity index is 1.69. The Kier molecular flexibility index (Phi) is 10.1. The zero-order chi connectivity index (χ0) is 26.1. The molecule has 196 valence electrons. The van der Waals surface area contributed by atoms with Crippen molar-refractivity contribution in [2.45, 2.75) is 30.2 Å². The summed E-state index contributed by atoms with van der Waals surface area (Å²) in [5, 5.41) is 2.09. The number of benzene rings is 1. The van der Waals surface area contributed by atoms with Gasteiger partial charge in [0.25, 0.3) is 5.56 Å². The molecule has 1 saturated heterocycles. The van der Waals surface area contributed by atoms with Crippen LogP contribution in [0.3, 0.4) is 0 Å². The van der Waals surface area contributed by atoms with Crippen molar-refractivity contribution >= 4 is 25.3 Å². The number of aromatic amines is 1. The van der Waals surface area contributed by atoms with E-state index in [1.807, 2.05) is 0 Å². The van der Waals surface area contributed by atoms with E-state index in [0.717, 1.165) is 0 Å². The number of esters is 1. The number of ether oxygens (including phenoxy) is 3. The van der Waals surface area contributed by atoms with E-state index in [1.165, 1.54) is 30.0 Å². The number of alkyl halides is 1. The van der Waals surface area contributed by atoms with E-state index in [2.05, 4.69) is 16.7 Å². The Hall–Kier alpha value is -2.73. The number of carbonyl (C=O) groups is 1. The Morgan fingerprint density at radius 2 is 2.11 bits per heavy atom. The molecule has 36 heavy (non-hydrogen) atoms. The standard InChI is InChI=1S/C22H27ClN3O9P/c1-3-15(12-32-20(28)14-31-2)25-36(30,35-16-7-5-4-6-8-16)33-13-17-11-18(23)21(34-17)26-10-9-19(27)24-22(26)29/h3-10,15,17-18,21H,1,11-14H2,2H3,(H,25,30)(H,24,27,29)/t15-,17-,18-,21+,36?/m0/s1. The van der Waals surface area contributed by atoms with E-state index in [4.69, 9.17) is 34.9 Å². The molecule has 14 heteroatoms. The summed E-state index contributed by atoms with van der Waals surface area (Å²) < 4.78 is 41.8. The Labute approximate surface area is 211 Å². The van der Waals surface area contributed by atoms with Crippen LogP contribution in [0, 0.1) is 0 Å². The highest BCUT2D eigenvalue weighted by Gasteiger charge is 2.38. The Bertz CT molecular complexity index is 1190. The molecule has 2 N–H and O–H groups in total. The number of nitrogens with zero attached hydrogens (tertiary/aromatic N) is 1. The van der Waals surface area contributed by atoms with E-state index < -0.39 is 48.7 Å². The van der Waals surface area contributed by atoms with Crippen molar-refractivity contribution in [3.8, 4) is 5.75 Å². The van der Waals surface area contributed by atoms with Gasteiger partial charge in [-0.05, 0) is 18.6 Å². The first-order valence-corrected chi connectivity index (χ1v) is 12.9. The minimum atomic E-state index is -4.05. The monoisotopic (exact) mass is 543 g/mol. The lowest BCUT2D eigenvalue weighted by Crippen LogP contribution is -2.34. The SMILES string of the molecule is C=C[C@@H](COC(=O)COC)NP(=O)(OC[C@@H]1C[C@H](Cl)[C@H](n2ccc(=O)[nH]c2=O)O1)Oc1ccccc1. The summed E-state index contributed by atoms with van der Waals surface area (Å²) >= 11 is 6.38. The second-order valence-electron chi connectivity index (χ2n) is 7.70. The minimum Gasteiger partial charge on any atom is -0.462 e. The normalized spacial score (nSPS) is 21.9. The van der Waals surface area contributed by atoms with Crippen LogP contribution in [0.1, 0.15) is 12.6 Å². The molecule has 0 spiro atoms. The zero-order valence-corrected chi connectivity index (χ0v) is 21.1. The molecule has 2 aromatic rings. The van der Waals surface area contributed by atoms with Gasteiger partial charge in [-0.25, -0.2) is 19.2 Å². The van der Waals surface area contributed by atoms with Gasteiger partial charge in [-0.1, -0.05) is 24.3 Å². The number of rotatable bonds is 13. The molecule has 12 nitrogen and oxygen atoms in total. The van der Waals surface area contributed by atoms with Gasteiger partial charge < -0.3 is 18.7 Å². The average Bonchev–Trinajstić information content (AvgIpc) is 3.21. The molecule has 0 saturated carbocycles. The molecule has 5 atom stereocenters. The second kappa shape index (κ2) is 13.0. The molecule has 1 aliphatic heterocycles.